The molecule has 1 unspecified atom stereocenters. The molecule has 8 heteroatoms. The highest BCUT2D eigenvalue weighted by atomic mass is 19.4. The zero-order valence-corrected chi connectivity index (χ0v) is 9.10. The maximum atomic E-state index is 12.6. The Balaban J connectivity index is 2.80. The lowest BCUT2D eigenvalue weighted by Crippen LogP contribution is -2.64. The molecule has 0 aromatic rings. The van der Waals surface area contributed by atoms with Gasteiger partial charge < -0.3 is 15.7 Å². The highest BCUT2D eigenvalue weighted by Gasteiger charge is 2.58. The average molecular weight is 254 g/mol. The Labute approximate surface area is 95.4 Å². The van der Waals surface area contributed by atoms with Crippen LogP contribution in [0.25, 0.3) is 0 Å². The van der Waals surface area contributed by atoms with Gasteiger partial charge in [-0.1, -0.05) is 0 Å². The second kappa shape index (κ2) is 4.52. The Hall–Kier alpha value is -1.31. The molecule has 1 rings (SSSR count). The van der Waals surface area contributed by atoms with Gasteiger partial charge in [0.1, 0.15) is 0 Å². The number of alkyl halides is 3. The average Bonchev–Trinajstić information content (AvgIpc) is 2.67. The fourth-order valence-corrected chi connectivity index (χ4v) is 1.49. The topological polar surface area (TPSA) is 78.4 Å². The second-order valence-electron chi connectivity index (χ2n) is 4.07. The van der Waals surface area contributed by atoms with Gasteiger partial charge in [-0.3, -0.25) is 4.79 Å². The molecule has 5 nitrogen and oxygen atoms in total. The van der Waals surface area contributed by atoms with Crippen LogP contribution in [-0.4, -0.2) is 41.3 Å². The maximum Gasteiger partial charge on any atom is 0.422 e. The first-order chi connectivity index (χ1) is 7.68. The zero-order valence-electron chi connectivity index (χ0n) is 9.10. The van der Waals surface area contributed by atoms with Crippen molar-refractivity contribution in [2.75, 3.05) is 6.54 Å². The van der Waals surface area contributed by atoms with Gasteiger partial charge in [-0.25, -0.2) is 4.79 Å². The summed E-state index contributed by atoms with van der Waals surface area (Å²) in [6, 6.07) is -0.754. The van der Waals surface area contributed by atoms with E-state index in [-0.39, 0.29) is 0 Å². The Morgan fingerprint density at radius 3 is 2.35 bits per heavy atom. The lowest BCUT2D eigenvalue weighted by molar-refractivity contribution is -0.207. The van der Waals surface area contributed by atoms with E-state index in [2.05, 4.69) is 5.32 Å². The Kier molecular flexibility index (Phi) is 3.65. The van der Waals surface area contributed by atoms with E-state index < -0.39 is 29.6 Å². The van der Waals surface area contributed by atoms with Crippen molar-refractivity contribution >= 4 is 11.9 Å². The van der Waals surface area contributed by atoms with E-state index in [1.165, 1.54) is 0 Å². The summed E-state index contributed by atoms with van der Waals surface area (Å²) in [5.74, 6) is -3.07. The predicted molar refractivity (Wildman–Crippen MR) is 51.3 cm³/mol. The van der Waals surface area contributed by atoms with Crippen LogP contribution in [0.1, 0.15) is 19.8 Å². The molecule has 0 aromatic carbocycles. The molecule has 1 aliphatic rings. The summed E-state index contributed by atoms with van der Waals surface area (Å²) in [4.78, 5) is 22.1. The van der Waals surface area contributed by atoms with E-state index in [0.29, 0.717) is 26.3 Å². The van der Waals surface area contributed by atoms with Crippen LogP contribution in [0, 0.1) is 0 Å². The molecule has 1 saturated heterocycles. The molecule has 2 atom stereocenters. The minimum Gasteiger partial charge on any atom is -0.479 e. The highest BCUT2D eigenvalue weighted by molar-refractivity contribution is 5.90. The normalized spacial score (nSPS) is 24.1. The number of hydrogen-bond donors (Lipinski definition) is 3. The SMILES string of the molecule is CC(NC(=O)[C@@H]1CCCN1)(C(=O)O)C(F)(F)F. The van der Waals surface area contributed by atoms with Crippen LogP contribution < -0.4 is 10.6 Å². The molecule has 0 spiro atoms. The van der Waals surface area contributed by atoms with Crippen LogP contribution in [0.4, 0.5) is 13.2 Å². The van der Waals surface area contributed by atoms with Crippen LogP contribution in [0.2, 0.25) is 0 Å². The number of amides is 1. The molecule has 0 aromatic heterocycles. The first kappa shape index (κ1) is 13.8. The molecule has 1 aliphatic heterocycles. The van der Waals surface area contributed by atoms with Gasteiger partial charge in [0, 0.05) is 0 Å². The molecule has 17 heavy (non-hydrogen) atoms. The minimum atomic E-state index is -5.05. The second-order valence-corrected chi connectivity index (χ2v) is 4.07. The van der Waals surface area contributed by atoms with Gasteiger partial charge in [-0.05, 0) is 26.3 Å². The van der Waals surface area contributed by atoms with Gasteiger partial charge >= 0.3 is 12.1 Å². The summed E-state index contributed by atoms with van der Waals surface area (Å²) in [5.41, 5.74) is -3.26. The van der Waals surface area contributed by atoms with Crippen LogP contribution in [-0.2, 0) is 9.59 Å². The minimum absolute atomic E-state index is 0.402. The number of rotatable bonds is 3. The predicted octanol–water partition coefficient (Wildman–Crippen LogP) is 0.260. The number of nitrogens with one attached hydrogen (secondary N) is 2. The van der Waals surface area contributed by atoms with Crippen molar-refractivity contribution in [1.82, 2.24) is 10.6 Å². The monoisotopic (exact) mass is 254 g/mol. The van der Waals surface area contributed by atoms with Crippen molar-refractivity contribution < 1.29 is 27.9 Å². The lowest BCUT2D eigenvalue weighted by Gasteiger charge is -2.29. The van der Waals surface area contributed by atoms with Crippen LogP contribution >= 0.6 is 0 Å². The van der Waals surface area contributed by atoms with Crippen molar-refractivity contribution in [3.05, 3.63) is 0 Å². The first-order valence-electron chi connectivity index (χ1n) is 5.04. The van der Waals surface area contributed by atoms with Crippen LogP contribution in [0.15, 0.2) is 0 Å². The molecule has 0 radical (unpaired) electrons. The number of carboxylic acids is 1. The number of carbonyl (C=O) groups is 2. The number of carboxylic acid groups (broad SMARTS) is 1. The molecule has 0 aliphatic carbocycles. The van der Waals surface area contributed by atoms with Crippen LogP contribution in [0.5, 0.6) is 0 Å². The molecule has 98 valence electrons. The standard InChI is InChI=1S/C9H13F3N2O3/c1-8(7(16)17,9(10,11)12)14-6(15)5-3-2-4-13-5/h5,13H,2-4H2,1H3,(H,14,15)(H,16,17)/t5-,8?/m0/s1. The maximum absolute atomic E-state index is 12.6. The smallest absolute Gasteiger partial charge is 0.422 e. The van der Waals surface area contributed by atoms with E-state index in [1.54, 1.807) is 5.32 Å². The molecule has 0 bridgehead atoms. The summed E-state index contributed by atoms with van der Waals surface area (Å²) in [7, 11) is 0. The van der Waals surface area contributed by atoms with Gasteiger partial charge in [0.15, 0.2) is 0 Å². The number of carbonyl (C=O) groups excluding carboxylic acids is 1. The molecule has 1 fully saturated rings. The van der Waals surface area contributed by atoms with Gasteiger partial charge in [-0.2, -0.15) is 13.2 Å². The third-order valence-corrected chi connectivity index (χ3v) is 2.74. The molecular weight excluding hydrogens is 241 g/mol. The molecular formula is C9H13F3N2O3. The van der Waals surface area contributed by atoms with E-state index in [1.807, 2.05) is 0 Å². The van der Waals surface area contributed by atoms with Gasteiger partial charge in [-0.15, -0.1) is 0 Å². The lowest BCUT2D eigenvalue weighted by atomic mass is 10.0. The Morgan fingerprint density at radius 2 is 2.00 bits per heavy atom. The van der Waals surface area contributed by atoms with E-state index in [9.17, 15) is 22.8 Å². The summed E-state index contributed by atoms with van der Waals surface area (Å²) in [6.07, 6.45) is -3.97. The van der Waals surface area contributed by atoms with Gasteiger partial charge in [0.05, 0.1) is 6.04 Å². The summed E-state index contributed by atoms with van der Waals surface area (Å²) >= 11 is 0. The quantitative estimate of drug-likeness (QED) is 0.675. The van der Waals surface area contributed by atoms with Crippen molar-refractivity contribution in [3.63, 3.8) is 0 Å². The largest absolute Gasteiger partial charge is 0.479 e. The molecule has 1 heterocycles. The Morgan fingerprint density at radius 1 is 1.41 bits per heavy atom. The van der Waals surface area contributed by atoms with Crippen LogP contribution in [0.3, 0.4) is 0 Å². The van der Waals surface area contributed by atoms with Crippen molar-refractivity contribution in [2.45, 2.75) is 37.5 Å². The fourth-order valence-electron chi connectivity index (χ4n) is 1.49. The zero-order chi connectivity index (χ0) is 13.3. The van der Waals surface area contributed by atoms with E-state index >= 15 is 0 Å². The van der Waals surface area contributed by atoms with Crippen molar-refractivity contribution in [2.24, 2.45) is 0 Å². The molecule has 1 amide bonds. The summed E-state index contributed by atoms with van der Waals surface area (Å²) < 4.78 is 37.8. The van der Waals surface area contributed by atoms with Crippen molar-refractivity contribution in [3.8, 4) is 0 Å². The summed E-state index contributed by atoms with van der Waals surface area (Å²) in [6.45, 7) is 0.968. The number of hydrogen-bond acceptors (Lipinski definition) is 3. The highest BCUT2D eigenvalue weighted by Crippen LogP contribution is 2.30. The fraction of sp³-hybridized carbons (Fsp3) is 0.778. The van der Waals surface area contributed by atoms with E-state index in [0.717, 1.165) is 0 Å². The van der Waals surface area contributed by atoms with Gasteiger partial charge in [0.25, 0.3) is 0 Å². The first-order valence-corrected chi connectivity index (χ1v) is 5.04. The third-order valence-electron chi connectivity index (χ3n) is 2.74. The summed E-state index contributed by atoms with van der Waals surface area (Å²) in [5, 5.41) is 12.9. The third kappa shape index (κ3) is 2.68. The number of aliphatic carboxylic acids is 1. The van der Waals surface area contributed by atoms with Gasteiger partial charge in [0.2, 0.25) is 11.4 Å². The molecule has 0 saturated carbocycles. The van der Waals surface area contributed by atoms with Crippen molar-refractivity contribution in [1.29, 1.82) is 0 Å². The van der Waals surface area contributed by atoms with E-state index in [4.69, 9.17) is 5.11 Å². The molecule has 3 N–H and O–H groups in total. The number of halogens is 3. The Bertz CT molecular complexity index is 326.